The number of aliphatic hydroxyl groups is 6. The molecule has 6 rings (SSSR count). The lowest BCUT2D eigenvalue weighted by Gasteiger charge is -2.36. The Hall–Kier alpha value is -3.66. The van der Waals surface area contributed by atoms with E-state index in [9.17, 15) is 40.2 Å². The van der Waals surface area contributed by atoms with Crippen LogP contribution < -0.4 is 10.1 Å². The topological polar surface area (TPSA) is 239 Å². The van der Waals surface area contributed by atoms with E-state index in [1.165, 1.54) is 13.0 Å². The number of epoxide rings is 2. The number of carbonyl (C=O) groups excluding carboxylic acids is 2. The number of hydrogen-bond acceptors (Lipinski definition) is 16. The quantitative estimate of drug-likeness (QED) is 0.0181. The fraction of sp³-hybridized carbons (Fsp3) is 0.658. The van der Waals surface area contributed by atoms with Gasteiger partial charge in [-0.2, -0.15) is 0 Å². The molecule has 22 atom stereocenters. The molecule has 20 heteroatoms. The van der Waals surface area contributed by atoms with Gasteiger partial charge in [0.25, 0.3) is 0 Å². The van der Waals surface area contributed by atoms with E-state index in [1.54, 1.807) is 82.7 Å². The molecule has 96 heavy (non-hydrogen) atoms. The first-order valence-electron chi connectivity index (χ1n) is 34.5. The molecule has 538 valence electrons. The predicted molar refractivity (Wildman–Crippen MR) is 380 cm³/mol. The minimum absolute atomic E-state index is 0.0249. The van der Waals surface area contributed by atoms with Crippen LogP contribution in [0.5, 0.6) is 5.75 Å². The Bertz CT molecular complexity index is 3020. The molecule has 0 spiro atoms. The zero-order chi connectivity index (χ0) is 71.2. The number of aliphatic hydroxyl groups excluding tert-OH is 3. The molecule has 0 amide bonds. The first-order valence-corrected chi connectivity index (χ1v) is 36.0. The van der Waals surface area contributed by atoms with Crippen molar-refractivity contribution in [1.82, 2.24) is 5.32 Å². The van der Waals surface area contributed by atoms with Crippen molar-refractivity contribution >= 4 is 58.3 Å². The molecule has 22 unspecified atom stereocenters. The molecule has 4 heterocycles. The lowest BCUT2D eigenvalue weighted by Crippen LogP contribution is -2.52. The third-order valence-electron chi connectivity index (χ3n) is 20.4. The van der Waals surface area contributed by atoms with Gasteiger partial charge in [0, 0.05) is 66.5 Å². The summed E-state index contributed by atoms with van der Waals surface area (Å²) in [5, 5.41) is 72.8. The number of rotatable bonds is 28. The minimum Gasteiger partial charge on any atom is -0.483 e. The van der Waals surface area contributed by atoms with Crippen LogP contribution in [0, 0.1) is 35.5 Å². The SMILES string of the molecule is CCC(OC)C(C)CC1OC1C(CCCc1ccc(Cl)cc1Cl)C(C)(C=CC=C(C)C1OC(=O)CC(O)CCC(C)(O)C(O)C=CC1C)Oc1cc(Cl)c(CNC(C2OC2C(C)C(CC)OC)C(C)(O)C=CC=C(C)C2OC(=O)CC(C)CCC(C)(O)C(O)C=CC2C)c(Cl)c1. The highest BCUT2D eigenvalue weighted by molar-refractivity contribution is 6.36. The summed E-state index contributed by atoms with van der Waals surface area (Å²) < 4.78 is 44.4. The lowest BCUT2D eigenvalue weighted by molar-refractivity contribution is -0.152. The Kier molecular flexibility index (Phi) is 30.7. The Labute approximate surface area is 591 Å². The fourth-order valence-electron chi connectivity index (χ4n) is 13.8. The maximum absolute atomic E-state index is 13.4. The number of cyclic esters (lactones) is 2. The molecule has 0 aromatic heterocycles. The molecule has 4 aliphatic heterocycles. The van der Waals surface area contributed by atoms with Crippen LogP contribution in [0.15, 0.2) is 102 Å². The van der Waals surface area contributed by atoms with E-state index >= 15 is 0 Å². The van der Waals surface area contributed by atoms with Gasteiger partial charge in [0.05, 0.1) is 75.9 Å². The Morgan fingerprint density at radius 1 is 0.740 bits per heavy atom. The Morgan fingerprint density at radius 2 is 1.29 bits per heavy atom. The molecular weight excluding hydrogens is 1310 g/mol. The third kappa shape index (κ3) is 22.9. The molecule has 0 aliphatic carbocycles. The third-order valence-corrected chi connectivity index (χ3v) is 21.7. The van der Waals surface area contributed by atoms with Crippen LogP contribution in [0.1, 0.15) is 172 Å². The number of allylic oxidation sites excluding steroid dienone is 4. The van der Waals surface area contributed by atoms with Gasteiger partial charge in [-0.15, -0.1) is 0 Å². The van der Waals surface area contributed by atoms with Gasteiger partial charge in [-0.3, -0.25) is 9.59 Å². The number of aryl methyl sites for hydroxylation is 1. The summed E-state index contributed by atoms with van der Waals surface area (Å²) >= 11 is 27.8. The van der Waals surface area contributed by atoms with Crippen molar-refractivity contribution in [2.45, 2.75) is 269 Å². The van der Waals surface area contributed by atoms with Crippen LogP contribution >= 0.6 is 46.4 Å². The molecule has 2 fully saturated rings. The number of ether oxygens (including phenoxy) is 7. The highest BCUT2D eigenvalue weighted by Crippen LogP contribution is 2.47. The second kappa shape index (κ2) is 36.3. The average Bonchev–Trinajstić information content (AvgIpc) is 1.63. The number of methoxy groups -OCH3 is 2. The van der Waals surface area contributed by atoms with Gasteiger partial charge in [-0.05, 0) is 165 Å². The van der Waals surface area contributed by atoms with E-state index in [0.29, 0.717) is 74.7 Å². The predicted octanol–water partition coefficient (Wildman–Crippen LogP) is 14.1. The maximum atomic E-state index is 13.4. The van der Waals surface area contributed by atoms with Gasteiger partial charge in [0.2, 0.25) is 0 Å². The van der Waals surface area contributed by atoms with Crippen LogP contribution in [-0.2, 0) is 51.0 Å². The van der Waals surface area contributed by atoms with Gasteiger partial charge >= 0.3 is 11.9 Å². The molecule has 0 radical (unpaired) electrons. The van der Waals surface area contributed by atoms with Crippen LogP contribution in [0.2, 0.25) is 20.1 Å². The van der Waals surface area contributed by atoms with Crippen molar-refractivity contribution in [3.05, 3.63) is 133 Å². The van der Waals surface area contributed by atoms with Gasteiger partial charge < -0.3 is 69.1 Å². The summed E-state index contributed by atoms with van der Waals surface area (Å²) in [7, 11) is 3.42. The Balaban J connectivity index is 1.37. The molecule has 2 saturated heterocycles. The Morgan fingerprint density at radius 3 is 1.84 bits per heavy atom. The van der Waals surface area contributed by atoms with Crippen LogP contribution in [0.4, 0.5) is 0 Å². The second-order valence-corrected chi connectivity index (χ2v) is 30.5. The zero-order valence-corrected chi connectivity index (χ0v) is 62.1. The van der Waals surface area contributed by atoms with E-state index < -0.39 is 77.0 Å². The normalized spacial score (nSPS) is 32.3. The molecule has 7 N–H and O–H groups in total. The number of benzene rings is 2. The highest BCUT2D eigenvalue weighted by atomic mass is 35.5. The van der Waals surface area contributed by atoms with Gasteiger partial charge in [0.15, 0.2) is 0 Å². The molecular formula is C76H111Cl4NO15. The molecule has 4 aliphatic rings. The van der Waals surface area contributed by atoms with Gasteiger partial charge in [-0.25, -0.2) is 0 Å². The summed E-state index contributed by atoms with van der Waals surface area (Å²) in [5.41, 5.74) is -2.74. The van der Waals surface area contributed by atoms with Gasteiger partial charge in [-0.1, -0.05) is 156 Å². The summed E-state index contributed by atoms with van der Waals surface area (Å²) in [6, 6.07) is 8.26. The standard InChI is InChI=1S/C76H111Cl4NO15/c1-16-60(90-14)49(8)38-62-70(92-62)56(24-18-23-51-27-28-52(77)39-57(51)78)76(13,34-20-22-46(5)68-48(7)26-30-64(84)74(11,88)36-32-53(82)40-66(86)94-68)96-54-41-58(79)55(59(80)42-54)43-81-72(71-69(95-71)50(9)61(17-2)91-15)75(12,89)33-19-21-45(4)67-47(6)25-29-63(83)73(10,87)35-31-44(3)37-65(85)93-67/h19-22,25-30,33-34,39,41-42,44,47-50,53,56,60-64,67-72,81-84,87-89H,16-18,23-24,31-32,35-38,40,43H2,1-15H3. The molecule has 2 aromatic rings. The summed E-state index contributed by atoms with van der Waals surface area (Å²) in [6.45, 7) is 24.7. The zero-order valence-electron chi connectivity index (χ0n) is 59.1. The number of carbonyl (C=O) groups is 2. The number of hydrogen-bond donors (Lipinski definition) is 7. The molecule has 16 nitrogen and oxygen atoms in total. The maximum Gasteiger partial charge on any atom is 0.309 e. The molecule has 0 bridgehead atoms. The van der Waals surface area contributed by atoms with Crippen LogP contribution in [0.25, 0.3) is 0 Å². The lowest BCUT2D eigenvalue weighted by atomic mass is 9.79. The van der Waals surface area contributed by atoms with Crippen molar-refractivity contribution in [2.75, 3.05) is 14.2 Å². The summed E-state index contributed by atoms with van der Waals surface area (Å²) in [6.07, 6.45) is 16.5. The first kappa shape index (κ1) is 81.3. The van der Waals surface area contributed by atoms with Crippen LogP contribution in [-0.4, -0.2) is 152 Å². The largest absolute Gasteiger partial charge is 0.483 e. The van der Waals surface area contributed by atoms with Crippen molar-refractivity contribution in [2.24, 2.45) is 35.5 Å². The van der Waals surface area contributed by atoms with Crippen molar-refractivity contribution in [1.29, 1.82) is 0 Å². The smallest absolute Gasteiger partial charge is 0.309 e. The highest BCUT2D eigenvalue weighted by Gasteiger charge is 2.55. The first-order chi connectivity index (χ1) is 45.1. The van der Waals surface area contributed by atoms with Crippen LogP contribution in [0.3, 0.4) is 0 Å². The number of nitrogens with one attached hydrogen (secondary N) is 1. The van der Waals surface area contributed by atoms with E-state index in [2.05, 4.69) is 33.0 Å². The van der Waals surface area contributed by atoms with Crippen molar-refractivity contribution in [3.8, 4) is 5.75 Å². The minimum atomic E-state index is -1.56. The monoisotopic (exact) mass is 1420 g/mol. The van der Waals surface area contributed by atoms with Crippen molar-refractivity contribution in [3.63, 3.8) is 0 Å². The van der Waals surface area contributed by atoms with E-state index in [4.69, 9.17) is 79.6 Å². The molecule has 0 saturated carbocycles. The fourth-order valence-corrected chi connectivity index (χ4v) is 14.9. The van der Waals surface area contributed by atoms with E-state index in [0.717, 1.165) is 24.8 Å². The number of halogens is 4. The van der Waals surface area contributed by atoms with E-state index in [1.807, 2.05) is 71.9 Å². The summed E-state index contributed by atoms with van der Waals surface area (Å²) in [4.78, 5) is 26.8. The van der Waals surface area contributed by atoms with E-state index in [-0.39, 0.29) is 98.3 Å². The second-order valence-electron chi connectivity index (χ2n) is 28.8. The van der Waals surface area contributed by atoms with Crippen molar-refractivity contribution < 1.29 is 73.4 Å². The average molecular weight is 1420 g/mol. The summed E-state index contributed by atoms with van der Waals surface area (Å²) in [5.74, 6) is -1.64. The molecule has 2 aromatic carbocycles. The number of esters is 2. The van der Waals surface area contributed by atoms with Gasteiger partial charge in [0.1, 0.15) is 41.9 Å².